The summed E-state index contributed by atoms with van der Waals surface area (Å²) in [6.45, 7) is 5.42. The minimum Gasteiger partial charge on any atom is -0.444 e. The zero-order valence-corrected chi connectivity index (χ0v) is 14.6. The molecule has 0 aliphatic carbocycles. The molecule has 1 N–H and O–H groups in total. The monoisotopic (exact) mass is 342 g/mol. The number of amides is 1. The van der Waals surface area contributed by atoms with Crippen molar-refractivity contribution < 1.29 is 9.53 Å². The number of nitrogens with one attached hydrogen (secondary N) is 1. The van der Waals surface area contributed by atoms with E-state index in [1.165, 1.54) is 0 Å². The first-order chi connectivity index (χ1) is 11.3. The predicted octanol–water partition coefficient (Wildman–Crippen LogP) is 4.83. The van der Waals surface area contributed by atoms with Crippen LogP contribution in [0.5, 0.6) is 0 Å². The quantitative estimate of drug-likeness (QED) is 0.869. The van der Waals surface area contributed by atoms with Gasteiger partial charge < -0.3 is 10.1 Å². The molecule has 1 amide bonds. The van der Waals surface area contributed by atoms with Gasteiger partial charge in [0.05, 0.1) is 17.7 Å². The van der Waals surface area contributed by atoms with E-state index in [2.05, 4.69) is 11.4 Å². The van der Waals surface area contributed by atoms with Crippen LogP contribution in [0.25, 0.3) is 0 Å². The molecule has 0 aliphatic rings. The van der Waals surface area contributed by atoms with Gasteiger partial charge in [0.15, 0.2) is 0 Å². The molecule has 0 aromatic heterocycles. The SMILES string of the molecule is CC(C)(C)OC(=O)NC(c1ccc(Cl)cc1)c1cccc(C#N)c1. The highest BCUT2D eigenvalue weighted by Crippen LogP contribution is 2.25. The first-order valence-corrected chi connectivity index (χ1v) is 7.91. The van der Waals surface area contributed by atoms with Gasteiger partial charge in [-0.05, 0) is 56.2 Å². The number of nitriles is 1. The predicted molar refractivity (Wildman–Crippen MR) is 93.8 cm³/mol. The van der Waals surface area contributed by atoms with Crippen molar-refractivity contribution in [1.29, 1.82) is 5.26 Å². The van der Waals surface area contributed by atoms with Crippen LogP contribution in [0, 0.1) is 11.3 Å². The highest BCUT2D eigenvalue weighted by atomic mass is 35.5. The van der Waals surface area contributed by atoms with Crippen LogP contribution in [0.3, 0.4) is 0 Å². The summed E-state index contributed by atoms with van der Waals surface area (Å²) >= 11 is 5.95. The molecule has 2 aromatic rings. The standard InChI is InChI=1S/C19H19ClN2O2/c1-19(2,3)24-18(23)22-17(14-7-9-16(20)10-8-14)15-6-4-5-13(11-15)12-21/h4-11,17H,1-3H3,(H,22,23). The third-order valence-corrected chi connectivity index (χ3v) is 3.47. The van der Waals surface area contributed by atoms with Gasteiger partial charge in [-0.25, -0.2) is 4.79 Å². The van der Waals surface area contributed by atoms with Crippen molar-refractivity contribution in [1.82, 2.24) is 5.32 Å². The van der Waals surface area contributed by atoms with Gasteiger partial charge in [-0.1, -0.05) is 35.9 Å². The van der Waals surface area contributed by atoms with Crippen LogP contribution in [0.15, 0.2) is 48.5 Å². The Morgan fingerprint density at radius 1 is 1.17 bits per heavy atom. The largest absolute Gasteiger partial charge is 0.444 e. The minimum absolute atomic E-state index is 0.439. The molecule has 124 valence electrons. The molecule has 0 saturated carbocycles. The van der Waals surface area contributed by atoms with E-state index >= 15 is 0 Å². The fourth-order valence-corrected chi connectivity index (χ4v) is 2.35. The Kier molecular flexibility index (Phi) is 5.48. The molecular weight excluding hydrogens is 324 g/mol. The maximum absolute atomic E-state index is 12.2. The molecule has 4 nitrogen and oxygen atoms in total. The van der Waals surface area contributed by atoms with Crippen molar-refractivity contribution in [2.24, 2.45) is 0 Å². The Morgan fingerprint density at radius 2 is 1.83 bits per heavy atom. The maximum Gasteiger partial charge on any atom is 0.408 e. The zero-order chi connectivity index (χ0) is 17.7. The Balaban J connectivity index is 2.36. The first kappa shape index (κ1) is 17.8. The molecule has 0 fully saturated rings. The molecule has 0 heterocycles. The Labute approximate surface area is 147 Å². The van der Waals surface area contributed by atoms with E-state index in [1.807, 2.05) is 18.2 Å². The molecule has 2 aromatic carbocycles. The number of ether oxygens (including phenoxy) is 1. The molecule has 24 heavy (non-hydrogen) atoms. The molecule has 0 aliphatic heterocycles. The molecule has 0 radical (unpaired) electrons. The summed E-state index contributed by atoms with van der Waals surface area (Å²) < 4.78 is 5.35. The molecule has 1 atom stereocenters. The molecule has 5 heteroatoms. The van der Waals surface area contributed by atoms with E-state index in [0.717, 1.165) is 11.1 Å². The van der Waals surface area contributed by atoms with Crippen LogP contribution < -0.4 is 5.32 Å². The molecule has 0 saturated heterocycles. The maximum atomic E-state index is 12.2. The van der Waals surface area contributed by atoms with Crippen molar-refractivity contribution in [3.63, 3.8) is 0 Å². The highest BCUT2D eigenvalue weighted by Gasteiger charge is 2.22. The molecule has 0 spiro atoms. The van der Waals surface area contributed by atoms with E-state index in [9.17, 15) is 4.79 Å². The van der Waals surface area contributed by atoms with Crippen LogP contribution in [0.1, 0.15) is 43.5 Å². The van der Waals surface area contributed by atoms with Crippen molar-refractivity contribution >= 4 is 17.7 Å². The smallest absolute Gasteiger partial charge is 0.408 e. The summed E-state index contributed by atoms with van der Waals surface area (Å²) in [6, 6.07) is 16.0. The number of halogens is 1. The van der Waals surface area contributed by atoms with Crippen molar-refractivity contribution in [2.45, 2.75) is 32.4 Å². The summed E-state index contributed by atoms with van der Waals surface area (Å²) in [5.41, 5.74) is 1.57. The third kappa shape index (κ3) is 5.00. The molecule has 2 rings (SSSR count). The molecule has 0 bridgehead atoms. The van der Waals surface area contributed by atoms with Crippen LogP contribution in [-0.4, -0.2) is 11.7 Å². The van der Waals surface area contributed by atoms with E-state index in [4.69, 9.17) is 21.6 Å². The molecular formula is C19H19ClN2O2. The fourth-order valence-electron chi connectivity index (χ4n) is 2.23. The summed E-state index contributed by atoms with van der Waals surface area (Å²) in [6.07, 6.45) is -0.523. The number of rotatable bonds is 3. The lowest BCUT2D eigenvalue weighted by Gasteiger charge is -2.24. The number of carbonyl (C=O) groups is 1. The number of hydrogen-bond acceptors (Lipinski definition) is 3. The Hall–Kier alpha value is -2.51. The van der Waals surface area contributed by atoms with Gasteiger partial charge >= 0.3 is 6.09 Å². The van der Waals surface area contributed by atoms with Gasteiger partial charge in [0.2, 0.25) is 0 Å². The summed E-state index contributed by atoms with van der Waals surface area (Å²) in [7, 11) is 0. The van der Waals surface area contributed by atoms with Gasteiger partial charge in [-0.15, -0.1) is 0 Å². The van der Waals surface area contributed by atoms with Crippen molar-refractivity contribution in [2.75, 3.05) is 0 Å². The molecule has 1 unspecified atom stereocenters. The Bertz CT molecular complexity index is 758. The lowest BCUT2D eigenvalue weighted by Crippen LogP contribution is -2.35. The van der Waals surface area contributed by atoms with Crippen molar-refractivity contribution in [3.8, 4) is 6.07 Å². The van der Waals surface area contributed by atoms with Gasteiger partial charge in [0.1, 0.15) is 5.60 Å². The number of alkyl carbamates (subject to hydrolysis) is 1. The second kappa shape index (κ2) is 7.37. The minimum atomic E-state index is -0.594. The van der Waals surface area contributed by atoms with Gasteiger partial charge in [-0.3, -0.25) is 0 Å². The number of nitrogens with zero attached hydrogens (tertiary/aromatic N) is 1. The summed E-state index contributed by atoms with van der Waals surface area (Å²) in [4.78, 5) is 12.2. The number of hydrogen-bond donors (Lipinski definition) is 1. The van der Waals surface area contributed by atoms with E-state index < -0.39 is 17.7 Å². The van der Waals surface area contributed by atoms with Crippen LogP contribution in [0.2, 0.25) is 5.02 Å². The van der Waals surface area contributed by atoms with E-state index in [-0.39, 0.29) is 0 Å². The summed E-state index contributed by atoms with van der Waals surface area (Å²) in [5, 5.41) is 12.6. The lowest BCUT2D eigenvalue weighted by atomic mass is 9.97. The second-order valence-corrected chi connectivity index (χ2v) is 6.80. The van der Waals surface area contributed by atoms with Crippen LogP contribution in [-0.2, 0) is 4.74 Å². The van der Waals surface area contributed by atoms with Crippen molar-refractivity contribution in [3.05, 3.63) is 70.2 Å². The summed E-state index contributed by atoms with van der Waals surface area (Å²) in [5.74, 6) is 0. The number of carbonyl (C=O) groups excluding carboxylic acids is 1. The Morgan fingerprint density at radius 3 is 2.42 bits per heavy atom. The van der Waals surface area contributed by atoms with Crippen LogP contribution in [0.4, 0.5) is 4.79 Å². The fraction of sp³-hybridized carbons (Fsp3) is 0.263. The highest BCUT2D eigenvalue weighted by molar-refractivity contribution is 6.30. The zero-order valence-electron chi connectivity index (χ0n) is 13.8. The average Bonchev–Trinajstić information content (AvgIpc) is 2.52. The second-order valence-electron chi connectivity index (χ2n) is 6.37. The lowest BCUT2D eigenvalue weighted by molar-refractivity contribution is 0.0512. The number of benzene rings is 2. The first-order valence-electron chi connectivity index (χ1n) is 7.53. The van der Waals surface area contributed by atoms with Crippen LogP contribution >= 0.6 is 11.6 Å². The van der Waals surface area contributed by atoms with Gasteiger partial charge in [0, 0.05) is 5.02 Å². The average molecular weight is 343 g/mol. The van der Waals surface area contributed by atoms with Gasteiger partial charge in [-0.2, -0.15) is 5.26 Å². The topological polar surface area (TPSA) is 62.1 Å². The van der Waals surface area contributed by atoms with Gasteiger partial charge in [0.25, 0.3) is 0 Å². The van der Waals surface area contributed by atoms with E-state index in [1.54, 1.807) is 51.1 Å². The normalized spacial score (nSPS) is 12.1. The van der Waals surface area contributed by atoms with E-state index in [0.29, 0.717) is 10.6 Å². The third-order valence-electron chi connectivity index (χ3n) is 3.21.